The molecule has 0 spiro atoms. The minimum absolute atomic E-state index is 0.0269. The van der Waals surface area contributed by atoms with Gasteiger partial charge >= 0.3 is 0 Å². The number of nitrogens with one attached hydrogen (secondary N) is 1. The summed E-state index contributed by atoms with van der Waals surface area (Å²) in [5.74, 6) is -0.217. The number of halogens is 2. The number of amides is 1. The summed E-state index contributed by atoms with van der Waals surface area (Å²) in [5.41, 5.74) is 1.16. The lowest BCUT2D eigenvalue weighted by Gasteiger charge is -2.06. The fourth-order valence-electron chi connectivity index (χ4n) is 1.65. The van der Waals surface area contributed by atoms with Gasteiger partial charge in [-0.2, -0.15) is 0 Å². The summed E-state index contributed by atoms with van der Waals surface area (Å²) in [6.45, 7) is 1.84. The molecule has 0 atom stereocenters. The number of hydrogen-bond donors (Lipinski definition) is 1. The number of pyridine rings is 1. The van der Waals surface area contributed by atoms with Gasteiger partial charge in [-0.05, 0) is 42.8 Å². The summed E-state index contributed by atoms with van der Waals surface area (Å²) in [7, 11) is 0. The van der Waals surface area contributed by atoms with Gasteiger partial charge in [0.25, 0.3) is 0 Å². The number of carbonyl (C=O) groups excluding carboxylic acids is 1. The number of nitrogens with zero attached hydrogens (tertiary/aromatic N) is 1. The highest BCUT2D eigenvalue weighted by atomic mass is 79.9. The van der Waals surface area contributed by atoms with E-state index in [1.807, 2.05) is 13.0 Å². The van der Waals surface area contributed by atoms with Crippen LogP contribution in [0.25, 0.3) is 0 Å². The van der Waals surface area contributed by atoms with Crippen LogP contribution in [-0.2, 0) is 11.2 Å². The lowest BCUT2D eigenvalue weighted by Crippen LogP contribution is -2.16. The maximum absolute atomic E-state index is 13.5. The van der Waals surface area contributed by atoms with E-state index in [1.54, 1.807) is 24.3 Å². The molecule has 2 rings (SSSR count). The van der Waals surface area contributed by atoms with Crippen molar-refractivity contribution in [2.75, 3.05) is 5.32 Å². The van der Waals surface area contributed by atoms with Crippen molar-refractivity contribution >= 4 is 27.7 Å². The zero-order valence-electron chi connectivity index (χ0n) is 10.3. The number of aromatic nitrogens is 1. The first-order valence-electron chi connectivity index (χ1n) is 5.72. The largest absolute Gasteiger partial charge is 0.310 e. The van der Waals surface area contributed by atoms with Crippen LogP contribution < -0.4 is 5.32 Å². The zero-order valence-corrected chi connectivity index (χ0v) is 11.9. The van der Waals surface area contributed by atoms with E-state index in [0.29, 0.717) is 11.4 Å². The molecule has 0 aliphatic carbocycles. The van der Waals surface area contributed by atoms with Gasteiger partial charge in [-0.3, -0.25) is 4.79 Å². The van der Waals surface area contributed by atoms with Crippen LogP contribution in [0.4, 0.5) is 10.2 Å². The van der Waals surface area contributed by atoms with Gasteiger partial charge in [-0.25, -0.2) is 9.37 Å². The van der Waals surface area contributed by atoms with Crippen LogP contribution in [0.3, 0.4) is 0 Å². The highest BCUT2D eigenvalue weighted by Gasteiger charge is 2.09. The molecule has 0 aliphatic heterocycles. The third-order valence-electron chi connectivity index (χ3n) is 2.51. The average Bonchev–Trinajstić information content (AvgIpc) is 2.34. The van der Waals surface area contributed by atoms with Gasteiger partial charge in [-0.15, -0.1) is 0 Å². The Morgan fingerprint density at radius 2 is 2.16 bits per heavy atom. The van der Waals surface area contributed by atoms with E-state index in [0.717, 1.165) is 10.2 Å². The molecule has 0 fully saturated rings. The second-order valence-electron chi connectivity index (χ2n) is 4.12. The highest BCUT2D eigenvalue weighted by molar-refractivity contribution is 9.10. The van der Waals surface area contributed by atoms with E-state index in [4.69, 9.17) is 0 Å². The summed E-state index contributed by atoms with van der Waals surface area (Å²) in [4.78, 5) is 16.0. The van der Waals surface area contributed by atoms with Crippen LogP contribution in [0.1, 0.15) is 11.3 Å². The smallest absolute Gasteiger partial charge is 0.230 e. The standard InChI is InChI=1S/C14H12BrFN2O/c1-9-3-2-4-13(17-9)18-14(19)8-10-7-11(15)5-6-12(10)16/h2-7H,8H2,1H3,(H,17,18,19). The van der Waals surface area contributed by atoms with E-state index in [9.17, 15) is 9.18 Å². The van der Waals surface area contributed by atoms with Gasteiger partial charge in [0.2, 0.25) is 5.91 Å². The normalized spacial score (nSPS) is 10.3. The zero-order chi connectivity index (χ0) is 13.8. The molecule has 0 radical (unpaired) electrons. The SMILES string of the molecule is Cc1cccc(NC(=O)Cc2cc(Br)ccc2F)n1. The predicted octanol–water partition coefficient (Wildman–Crippen LogP) is 3.47. The Labute approximate surface area is 119 Å². The number of hydrogen-bond acceptors (Lipinski definition) is 2. The Hall–Kier alpha value is -1.75. The van der Waals surface area contributed by atoms with Crippen molar-refractivity contribution in [3.63, 3.8) is 0 Å². The number of rotatable bonds is 3. The fraction of sp³-hybridized carbons (Fsp3) is 0.143. The Morgan fingerprint density at radius 1 is 1.37 bits per heavy atom. The molecule has 0 aliphatic rings. The maximum atomic E-state index is 13.5. The van der Waals surface area contributed by atoms with E-state index < -0.39 is 5.82 Å². The molecule has 1 amide bonds. The van der Waals surface area contributed by atoms with Crippen LogP contribution >= 0.6 is 15.9 Å². The number of anilines is 1. The van der Waals surface area contributed by atoms with E-state index in [2.05, 4.69) is 26.2 Å². The third-order valence-corrected chi connectivity index (χ3v) is 3.01. The molecule has 1 aromatic heterocycles. The van der Waals surface area contributed by atoms with Crippen LogP contribution in [0.2, 0.25) is 0 Å². The summed E-state index contributed by atoms with van der Waals surface area (Å²) in [6.07, 6.45) is -0.0269. The fourth-order valence-corrected chi connectivity index (χ4v) is 2.06. The number of benzene rings is 1. The minimum Gasteiger partial charge on any atom is -0.310 e. The predicted molar refractivity (Wildman–Crippen MR) is 75.4 cm³/mol. The average molecular weight is 323 g/mol. The molecule has 1 N–H and O–H groups in total. The second-order valence-corrected chi connectivity index (χ2v) is 5.04. The van der Waals surface area contributed by atoms with Crippen LogP contribution in [0.15, 0.2) is 40.9 Å². The molecule has 5 heteroatoms. The van der Waals surface area contributed by atoms with Crippen molar-refractivity contribution in [2.45, 2.75) is 13.3 Å². The molecule has 98 valence electrons. The topological polar surface area (TPSA) is 42.0 Å². The molecule has 2 aromatic rings. The van der Waals surface area contributed by atoms with Crippen molar-refractivity contribution in [3.8, 4) is 0 Å². The van der Waals surface area contributed by atoms with Crippen LogP contribution in [0.5, 0.6) is 0 Å². The van der Waals surface area contributed by atoms with Gasteiger partial charge in [-0.1, -0.05) is 22.0 Å². The van der Waals surface area contributed by atoms with Crippen molar-refractivity contribution in [3.05, 3.63) is 57.9 Å². The summed E-state index contributed by atoms with van der Waals surface area (Å²) in [5, 5.41) is 2.65. The molecule has 1 aromatic carbocycles. The maximum Gasteiger partial charge on any atom is 0.230 e. The molecule has 1 heterocycles. The lowest BCUT2D eigenvalue weighted by molar-refractivity contribution is -0.115. The quantitative estimate of drug-likeness (QED) is 0.940. The van der Waals surface area contributed by atoms with Gasteiger partial charge in [0.1, 0.15) is 11.6 Å². The molecule has 0 saturated carbocycles. The van der Waals surface area contributed by atoms with Gasteiger partial charge < -0.3 is 5.32 Å². The first-order valence-corrected chi connectivity index (χ1v) is 6.51. The summed E-state index contributed by atoms with van der Waals surface area (Å²) in [6, 6.07) is 9.86. The Morgan fingerprint density at radius 3 is 2.89 bits per heavy atom. The van der Waals surface area contributed by atoms with Crippen molar-refractivity contribution < 1.29 is 9.18 Å². The molecule has 0 bridgehead atoms. The number of carbonyl (C=O) groups is 1. The molecule has 19 heavy (non-hydrogen) atoms. The van der Waals surface area contributed by atoms with Gasteiger partial charge in [0.05, 0.1) is 6.42 Å². The van der Waals surface area contributed by atoms with Crippen molar-refractivity contribution in [1.29, 1.82) is 0 Å². The van der Waals surface area contributed by atoms with E-state index >= 15 is 0 Å². The molecular weight excluding hydrogens is 311 g/mol. The molecule has 0 unspecified atom stereocenters. The highest BCUT2D eigenvalue weighted by Crippen LogP contribution is 2.16. The number of aryl methyl sites for hydroxylation is 1. The monoisotopic (exact) mass is 322 g/mol. The van der Waals surface area contributed by atoms with Gasteiger partial charge in [0, 0.05) is 10.2 Å². The Kier molecular flexibility index (Phi) is 4.27. The van der Waals surface area contributed by atoms with Crippen molar-refractivity contribution in [1.82, 2.24) is 4.98 Å². The van der Waals surface area contributed by atoms with E-state index in [1.165, 1.54) is 6.07 Å². The summed E-state index contributed by atoms with van der Waals surface area (Å²) >= 11 is 3.25. The second kappa shape index (κ2) is 5.93. The third kappa shape index (κ3) is 3.86. The van der Waals surface area contributed by atoms with Crippen LogP contribution in [-0.4, -0.2) is 10.9 Å². The lowest BCUT2D eigenvalue weighted by atomic mass is 10.1. The molecule has 0 saturated heterocycles. The Balaban J connectivity index is 2.07. The van der Waals surface area contributed by atoms with Crippen LogP contribution in [0, 0.1) is 12.7 Å². The van der Waals surface area contributed by atoms with Gasteiger partial charge in [0.15, 0.2) is 0 Å². The summed E-state index contributed by atoms with van der Waals surface area (Å²) < 4.78 is 14.3. The molecular formula is C14H12BrFN2O. The first kappa shape index (κ1) is 13.7. The van der Waals surface area contributed by atoms with Crippen molar-refractivity contribution in [2.24, 2.45) is 0 Å². The van der Waals surface area contributed by atoms with E-state index in [-0.39, 0.29) is 12.3 Å². The Bertz CT molecular complexity index is 616. The minimum atomic E-state index is -0.393. The first-order chi connectivity index (χ1) is 9.04. The molecule has 3 nitrogen and oxygen atoms in total.